The number of benzene rings is 1. The molecule has 2 rings (SSSR count). The summed E-state index contributed by atoms with van der Waals surface area (Å²) >= 11 is 5.79. The second kappa shape index (κ2) is 6.69. The van der Waals surface area contributed by atoms with Crippen LogP contribution in [-0.2, 0) is 14.1 Å². The predicted octanol–water partition coefficient (Wildman–Crippen LogP) is 0.755. The van der Waals surface area contributed by atoms with Gasteiger partial charge >= 0.3 is 5.69 Å². The van der Waals surface area contributed by atoms with E-state index in [1.807, 2.05) is 0 Å². The van der Waals surface area contributed by atoms with E-state index in [1.54, 1.807) is 30.3 Å². The number of rotatable bonds is 4. The third-order valence-electron chi connectivity index (χ3n) is 3.49. The molecule has 120 valence electrons. The van der Waals surface area contributed by atoms with Crippen LogP contribution in [0, 0.1) is 11.3 Å². The Morgan fingerprint density at radius 2 is 1.87 bits per heavy atom. The first kappa shape index (κ1) is 16.8. The van der Waals surface area contributed by atoms with Gasteiger partial charge in [0.2, 0.25) is 0 Å². The Morgan fingerprint density at radius 3 is 2.43 bits per heavy atom. The Bertz CT molecular complexity index is 878. The van der Waals surface area contributed by atoms with E-state index < -0.39 is 17.4 Å². The van der Waals surface area contributed by atoms with Crippen molar-refractivity contribution < 1.29 is 5.11 Å². The number of aliphatic hydroxyl groups is 1. The van der Waals surface area contributed by atoms with Gasteiger partial charge in [-0.2, -0.15) is 5.26 Å². The molecule has 1 aromatic heterocycles. The molecule has 0 bridgehead atoms. The molecule has 2 aromatic rings. The highest BCUT2D eigenvalue weighted by atomic mass is 35.5. The number of halogens is 1. The lowest BCUT2D eigenvalue weighted by Crippen LogP contribution is -2.40. The van der Waals surface area contributed by atoms with Crippen molar-refractivity contribution in [3.8, 4) is 6.07 Å². The molecule has 1 atom stereocenters. The maximum atomic E-state index is 12.0. The van der Waals surface area contributed by atoms with E-state index >= 15 is 0 Å². The minimum absolute atomic E-state index is 0.0246. The van der Waals surface area contributed by atoms with Crippen molar-refractivity contribution >= 4 is 17.4 Å². The molecule has 0 spiro atoms. The van der Waals surface area contributed by atoms with Crippen molar-refractivity contribution in [2.24, 2.45) is 14.1 Å². The fraction of sp³-hybridized carbons (Fsp3) is 0.267. The lowest BCUT2D eigenvalue weighted by molar-refractivity contribution is 0.191. The molecule has 0 aliphatic heterocycles. The molecule has 0 aliphatic carbocycles. The number of aliphatic hydroxyl groups excluding tert-OH is 1. The Morgan fingerprint density at radius 1 is 1.26 bits per heavy atom. The lowest BCUT2D eigenvalue weighted by Gasteiger charge is -2.16. The highest BCUT2D eigenvalue weighted by molar-refractivity contribution is 6.30. The van der Waals surface area contributed by atoms with Gasteiger partial charge in [0.15, 0.2) is 5.56 Å². The molecule has 7 nitrogen and oxygen atoms in total. The Balaban J connectivity index is 2.31. The van der Waals surface area contributed by atoms with E-state index in [2.05, 4.69) is 5.32 Å². The second-order valence-corrected chi connectivity index (χ2v) is 5.43. The average Bonchev–Trinajstić information content (AvgIpc) is 2.55. The molecule has 1 aromatic carbocycles. The Hall–Kier alpha value is -2.56. The monoisotopic (exact) mass is 334 g/mol. The van der Waals surface area contributed by atoms with Crippen LogP contribution < -0.4 is 16.6 Å². The summed E-state index contributed by atoms with van der Waals surface area (Å²) in [6.07, 6.45) is -0.891. The first-order valence-corrected chi connectivity index (χ1v) is 7.12. The smallest absolute Gasteiger partial charge is 0.332 e. The van der Waals surface area contributed by atoms with E-state index in [0.29, 0.717) is 10.6 Å². The molecule has 8 heteroatoms. The van der Waals surface area contributed by atoms with Gasteiger partial charge in [0.05, 0.1) is 6.10 Å². The van der Waals surface area contributed by atoms with Crippen molar-refractivity contribution in [1.82, 2.24) is 9.13 Å². The van der Waals surface area contributed by atoms with Crippen LogP contribution >= 0.6 is 11.6 Å². The number of aromatic nitrogens is 2. The minimum atomic E-state index is -0.891. The molecule has 1 unspecified atom stereocenters. The molecule has 2 N–H and O–H groups in total. The second-order valence-electron chi connectivity index (χ2n) is 4.99. The number of nitrogens with one attached hydrogen (secondary N) is 1. The van der Waals surface area contributed by atoms with Gasteiger partial charge in [-0.3, -0.25) is 13.9 Å². The predicted molar refractivity (Wildman–Crippen MR) is 86.5 cm³/mol. The van der Waals surface area contributed by atoms with Gasteiger partial charge in [-0.1, -0.05) is 23.7 Å². The summed E-state index contributed by atoms with van der Waals surface area (Å²) in [6, 6.07) is 8.42. The van der Waals surface area contributed by atoms with Crippen molar-refractivity contribution in [3.63, 3.8) is 0 Å². The highest BCUT2D eigenvalue weighted by Crippen LogP contribution is 2.17. The van der Waals surface area contributed by atoms with Gasteiger partial charge in [0.1, 0.15) is 11.9 Å². The van der Waals surface area contributed by atoms with Crippen molar-refractivity contribution in [1.29, 1.82) is 5.26 Å². The zero-order chi connectivity index (χ0) is 17.1. The number of hydrogen-bond acceptors (Lipinski definition) is 5. The largest absolute Gasteiger partial charge is 0.387 e. The van der Waals surface area contributed by atoms with Crippen LogP contribution in [0.2, 0.25) is 5.02 Å². The van der Waals surface area contributed by atoms with Gasteiger partial charge in [0.25, 0.3) is 5.56 Å². The fourth-order valence-corrected chi connectivity index (χ4v) is 2.27. The summed E-state index contributed by atoms with van der Waals surface area (Å²) in [4.78, 5) is 23.9. The van der Waals surface area contributed by atoms with Crippen LogP contribution in [0.3, 0.4) is 0 Å². The average molecular weight is 335 g/mol. The normalized spacial score (nSPS) is 11.8. The molecular weight excluding hydrogens is 320 g/mol. The number of hydrogen-bond donors (Lipinski definition) is 2. The van der Waals surface area contributed by atoms with Crippen molar-refractivity contribution in [2.45, 2.75) is 6.10 Å². The van der Waals surface area contributed by atoms with Crippen molar-refractivity contribution in [2.75, 3.05) is 11.9 Å². The zero-order valence-corrected chi connectivity index (χ0v) is 13.3. The molecule has 0 saturated carbocycles. The Kier molecular flexibility index (Phi) is 4.89. The summed E-state index contributed by atoms with van der Waals surface area (Å²) in [5.74, 6) is 0.0774. The Labute approximate surface area is 137 Å². The summed E-state index contributed by atoms with van der Waals surface area (Å²) in [5.41, 5.74) is -0.802. The van der Waals surface area contributed by atoms with E-state index in [-0.39, 0.29) is 17.9 Å². The van der Waals surface area contributed by atoms with E-state index in [0.717, 1.165) is 9.13 Å². The SMILES string of the molecule is Cn1c(NCC(O)c2ccc(Cl)cc2)c(C#N)c(=O)n(C)c1=O. The summed E-state index contributed by atoms with van der Waals surface area (Å²) < 4.78 is 2.02. The first-order valence-electron chi connectivity index (χ1n) is 6.74. The molecule has 0 aliphatic rings. The van der Waals surface area contributed by atoms with Crippen LogP contribution in [0.4, 0.5) is 5.82 Å². The van der Waals surface area contributed by atoms with Crippen LogP contribution in [0.25, 0.3) is 0 Å². The van der Waals surface area contributed by atoms with Crippen molar-refractivity contribution in [3.05, 3.63) is 61.3 Å². The maximum absolute atomic E-state index is 12.0. The standard InChI is InChI=1S/C15H15ClN4O3/c1-19-13(11(7-17)14(22)20(2)15(19)23)18-8-12(21)9-3-5-10(16)6-4-9/h3-6,12,18,21H,8H2,1-2H3. The maximum Gasteiger partial charge on any atom is 0.332 e. The minimum Gasteiger partial charge on any atom is -0.387 e. The van der Waals surface area contributed by atoms with Gasteiger partial charge in [0, 0.05) is 25.7 Å². The van der Waals surface area contributed by atoms with E-state index in [9.17, 15) is 14.7 Å². The number of nitrogens with zero attached hydrogens (tertiary/aromatic N) is 3. The molecule has 0 amide bonds. The summed E-state index contributed by atoms with van der Waals surface area (Å²) in [6.45, 7) is 0.0246. The van der Waals surface area contributed by atoms with E-state index in [1.165, 1.54) is 14.1 Å². The van der Waals surface area contributed by atoms with E-state index in [4.69, 9.17) is 16.9 Å². The molecule has 0 radical (unpaired) electrons. The highest BCUT2D eigenvalue weighted by Gasteiger charge is 2.16. The van der Waals surface area contributed by atoms with Crippen LogP contribution in [0.1, 0.15) is 17.2 Å². The zero-order valence-electron chi connectivity index (χ0n) is 12.6. The fourth-order valence-electron chi connectivity index (χ4n) is 2.15. The van der Waals surface area contributed by atoms with Crippen LogP contribution in [0.5, 0.6) is 0 Å². The lowest BCUT2D eigenvalue weighted by atomic mass is 10.1. The van der Waals surface area contributed by atoms with Gasteiger partial charge in [-0.25, -0.2) is 4.79 Å². The van der Waals surface area contributed by atoms with Crippen LogP contribution in [0.15, 0.2) is 33.9 Å². The summed E-state index contributed by atoms with van der Waals surface area (Å²) in [7, 11) is 2.75. The number of nitriles is 1. The van der Waals surface area contributed by atoms with Crippen LogP contribution in [-0.4, -0.2) is 20.8 Å². The molecule has 1 heterocycles. The third-order valence-corrected chi connectivity index (χ3v) is 3.75. The molecule has 23 heavy (non-hydrogen) atoms. The van der Waals surface area contributed by atoms with Gasteiger partial charge in [-0.05, 0) is 17.7 Å². The number of anilines is 1. The summed E-state index contributed by atoms with van der Waals surface area (Å²) in [5, 5.41) is 22.7. The molecule has 0 saturated heterocycles. The first-order chi connectivity index (χ1) is 10.9. The van der Waals surface area contributed by atoms with Gasteiger partial charge in [-0.15, -0.1) is 0 Å². The van der Waals surface area contributed by atoms with Gasteiger partial charge < -0.3 is 10.4 Å². The third kappa shape index (κ3) is 3.28. The quantitative estimate of drug-likeness (QED) is 0.859. The molecule has 0 fully saturated rings. The molecular formula is C15H15ClN4O3. The topological polar surface area (TPSA) is 100 Å².